The van der Waals surface area contributed by atoms with Gasteiger partial charge in [0, 0.05) is 18.8 Å². The minimum atomic E-state index is -3.46. The van der Waals surface area contributed by atoms with E-state index in [0.29, 0.717) is 12.8 Å². The molecule has 4 rings (SSSR count). The molecule has 148 valence electrons. The maximum Gasteiger partial charge on any atom is 0.240 e. The number of sulfonamides is 1. The van der Waals surface area contributed by atoms with Crippen molar-refractivity contribution in [2.75, 3.05) is 23.7 Å². The van der Waals surface area contributed by atoms with E-state index < -0.39 is 25.7 Å². The molecule has 0 radical (unpaired) electrons. The standard InChI is InChI=1S/C20H22N2O4S2/c23-19-15-27(24)20(22(19)18-9-5-2-6-10-18)11-13-21(14-12-20)28(25,26)16-17-7-3-1-4-8-17/h1-10H,11-16H2. The molecular formula is C20H22N2O4S2. The summed E-state index contributed by atoms with van der Waals surface area (Å²) in [6, 6.07) is 18.3. The highest BCUT2D eigenvalue weighted by Gasteiger charge is 2.54. The Bertz CT molecular complexity index is 985. The first kappa shape index (κ1) is 19.3. The van der Waals surface area contributed by atoms with E-state index in [1.165, 1.54) is 4.31 Å². The summed E-state index contributed by atoms with van der Waals surface area (Å²) in [5, 5.41) is 0. The van der Waals surface area contributed by atoms with Crippen LogP contribution in [0.25, 0.3) is 0 Å². The fourth-order valence-corrected chi connectivity index (χ4v) is 7.24. The van der Waals surface area contributed by atoms with E-state index in [2.05, 4.69) is 0 Å². The first-order valence-corrected chi connectivity index (χ1v) is 12.1. The summed E-state index contributed by atoms with van der Waals surface area (Å²) < 4.78 is 40.0. The zero-order valence-corrected chi connectivity index (χ0v) is 17.0. The van der Waals surface area contributed by atoms with E-state index in [9.17, 15) is 17.4 Å². The highest BCUT2D eigenvalue weighted by atomic mass is 32.2. The predicted molar refractivity (Wildman–Crippen MR) is 110 cm³/mol. The number of carbonyl (C=O) groups is 1. The summed E-state index contributed by atoms with van der Waals surface area (Å²) >= 11 is 0. The van der Waals surface area contributed by atoms with Crippen LogP contribution in [0.1, 0.15) is 18.4 Å². The summed E-state index contributed by atoms with van der Waals surface area (Å²) in [7, 11) is -4.82. The molecule has 2 saturated heterocycles. The molecule has 2 aromatic rings. The van der Waals surface area contributed by atoms with Gasteiger partial charge in [-0.1, -0.05) is 48.5 Å². The lowest BCUT2D eigenvalue weighted by Gasteiger charge is -2.43. The third-order valence-corrected chi connectivity index (χ3v) is 9.24. The zero-order chi connectivity index (χ0) is 19.8. The van der Waals surface area contributed by atoms with Crippen LogP contribution in [0.3, 0.4) is 0 Å². The molecule has 0 saturated carbocycles. The minimum absolute atomic E-state index is 0.00827. The van der Waals surface area contributed by atoms with E-state index in [4.69, 9.17) is 0 Å². The van der Waals surface area contributed by atoms with E-state index in [0.717, 1.165) is 11.3 Å². The van der Waals surface area contributed by atoms with Gasteiger partial charge >= 0.3 is 0 Å². The van der Waals surface area contributed by atoms with E-state index in [1.54, 1.807) is 17.0 Å². The number of carbonyl (C=O) groups excluding carboxylic acids is 1. The van der Waals surface area contributed by atoms with Crippen molar-refractivity contribution >= 4 is 32.4 Å². The minimum Gasteiger partial charge on any atom is -0.294 e. The Kier molecular flexibility index (Phi) is 5.11. The number of hydrogen-bond acceptors (Lipinski definition) is 4. The molecule has 2 aromatic carbocycles. The van der Waals surface area contributed by atoms with Crippen LogP contribution in [0.4, 0.5) is 5.69 Å². The van der Waals surface area contributed by atoms with Gasteiger partial charge in [0.15, 0.2) is 0 Å². The second kappa shape index (κ2) is 7.42. The number of amides is 1. The molecule has 0 aromatic heterocycles. The average Bonchev–Trinajstić information content (AvgIpc) is 2.92. The quantitative estimate of drug-likeness (QED) is 0.762. The molecule has 6 nitrogen and oxygen atoms in total. The third kappa shape index (κ3) is 3.40. The van der Waals surface area contributed by atoms with Crippen LogP contribution in [-0.2, 0) is 31.4 Å². The van der Waals surface area contributed by atoms with Crippen molar-refractivity contribution < 1.29 is 17.4 Å². The third-order valence-electron chi connectivity index (χ3n) is 5.44. The Labute approximate surface area is 167 Å². The fraction of sp³-hybridized carbons (Fsp3) is 0.350. The number of anilines is 1. The van der Waals surface area contributed by atoms with Crippen molar-refractivity contribution in [1.29, 1.82) is 0 Å². The van der Waals surface area contributed by atoms with Gasteiger partial charge in [0.05, 0.1) is 16.6 Å². The number of piperidine rings is 1. The van der Waals surface area contributed by atoms with E-state index in [1.807, 2.05) is 48.5 Å². The lowest BCUT2D eigenvalue weighted by atomic mass is 10.0. The molecular weight excluding hydrogens is 396 g/mol. The molecule has 28 heavy (non-hydrogen) atoms. The van der Waals surface area contributed by atoms with Gasteiger partial charge in [-0.25, -0.2) is 12.7 Å². The zero-order valence-electron chi connectivity index (χ0n) is 15.4. The van der Waals surface area contributed by atoms with Crippen LogP contribution in [0.15, 0.2) is 60.7 Å². The predicted octanol–water partition coefficient (Wildman–Crippen LogP) is 2.10. The second-order valence-electron chi connectivity index (χ2n) is 7.14. The Hall–Kier alpha value is -2.03. The molecule has 2 aliphatic rings. The van der Waals surface area contributed by atoms with Crippen molar-refractivity contribution in [1.82, 2.24) is 4.31 Å². The van der Waals surface area contributed by atoms with Gasteiger partial charge in [-0.3, -0.25) is 13.9 Å². The topological polar surface area (TPSA) is 74.8 Å². The number of benzene rings is 2. The lowest BCUT2D eigenvalue weighted by Crippen LogP contribution is -2.56. The van der Waals surface area contributed by atoms with Crippen molar-refractivity contribution in [3.05, 3.63) is 66.2 Å². The summed E-state index contributed by atoms with van der Waals surface area (Å²) in [5.41, 5.74) is 1.47. The van der Waals surface area contributed by atoms with Gasteiger partial charge < -0.3 is 0 Å². The van der Waals surface area contributed by atoms with Gasteiger partial charge in [0.2, 0.25) is 15.9 Å². The summed E-state index contributed by atoms with van der Waals surface area (Å²) in [5.74, 6) is -0.221. The second-order valence-corrected chi connectivity index (χ2v) is 10.9. The first-order valence-electron chi connectivity index (χ1n) is 9.21. The lowest BCUT2D eigenvalue weighted by molar-refractivity contribution is -0.116. The van der Waals surface area contributed by atoms with Crippen LogP contribution in [0.2, 0.25) is 0 Å². The highest BCUT2D eigenvalue weighted by Crippen LogP contribution is 2.41. The molecule has 2 heterocycles. The van der Waals surface area contributed by atoms with Crippen molar-refractivity contribution in [2.24, 2.45) is 0 Å². The van der Waals surface area contributed by atoms with Crippen LogP contribution < -0.4 is 4.90 Å². The molecule has 0 bridgehead atoms. The normalized spacial score (nSPS) is 22.6. The summed E-state index contributed by atoms with van der Waals surface area (Å²) in [6.45, 7) is 0.523. The molecule has 1 unspecified atom stereocenters. The van der Waals surface area contributed by atoms with Gasteiger partial charge in [-0.15, -0.1) is 0 Å². The molecule has 2 aliphatic heterocycles. The molecule has 1 atom stereocenters. The summed E-state index contributed by atoms with van der Waals surface area (Å²) in [4.78, 5) is 13.4. The van der Waals surface area contributed by atoms with Crippen LogP contribution in [-0.4, -0.2) is 46.6 Å². The average molecular weight is 419 g/mol. The molecule has 8 heteroatoms. The molecule has 1 spiro atoms. The Morgan fingerprint density at radius 1 is 0.929 bits per heavy atom. The Morgan fingerprint density at radius 3 is 2.11 bits per heavy atom. The number of nitrogens with zero attached hydrogens (tertiary/aromatic N) is 2. The number of para-hydroxylation sites is 1. The van der Waals surface area contributed by atoms with Crippen molar-refractivity contribution in [3.8, 4) is 0 Å². The van der Waals surface area contributed by atoms with Gasteiger partial charge in [0.25, 0.3) is 0 Å². The van der Waals surface area contributed by atoms with Crippen molar-refractivity contribution in [3.63, 3.8) is 0 Å². The fourth-order valence-electron chi connectivity index (χ4n) is 4.04. The molecule has 1 amide bonds. The smallest absolute Gasteiger partial charge is 0.240 e. The van der Waals surface area contributed by atoms with Crippen LogP contribution in [0.5, 0.6) is 0 Å². The molecule has 0 aliphatic carbocycles. The van der Waals surface area contributed by atoms with Crippen LogP contribution in [0, 0.1) is 0 Å². The van der Waals surface area contributed by atoms with Gasteiger partial charge in [0.1, 0.15) is 10.6 Å². The maximum atomic E-state index is 12.9. The number of rotatable bonds is 4. The summed E-state index contributed by atoms with van der Waals surface area (Å²) in [6.07, 6.45) is 0.739. The van der Waals surface area contributed by atoms with Gasteiger partial charge in [-0.05, 0) is 30.5 Å². The Balaban J connectivity index is 1.55. The molecule has 2 fully saturated rings. The monoisotopic (exact) mass is 418 g/mol. The van der Waals surface area contributed by atoms with E-state index >= 15 is 0 Å². The largest absolute Gasteiger partial charge is 0.294 e. The maximum absolute atomic E-state index is 12.9. The number of hydrogen-bond donors (Lipinski definition) is 0. The molecule has 0 N–H and O–H groups in total. The highest BCUT2D eigenvalue weighted by molar-refractivity contribution is 7.88. The van der Waals surface area contributed by atoms with E-state index in [-0.39, 0.29) is 30.5 Å². The van der Waals surface area contributed by atoms with Gasteiger partial charge in [-0.2, -0.15) is 0 Å². The Morgan fingerprint density at radius 2 is 1.50 bits per heavy atom. The first-order chi connectivity index (χ1) is 13.4. The van der Waals surface area contributed by atoms with Crippen LogP contribution >= 0.6 is 0 Å². The van der Waals surface area contributed by atoms with Crippen molar-refractivity contribution in [2.45, 2.75) is 23.5 Å². The SMILES string of the molecule is O=C1CS(=O)C2(CCN(S(=O)(=O)Cc3ccccc3)CC2)N1c1ccccc1.